The minimum absolute atomic E-state index is 0.152. The number of aromatic amines is 1. The highest BCUT2D eigenvalue weighted by molar-refractivity contribution is 6.04. The molecule has 186 valence electrons. The number of aryl methyl sites for hydroxylation is 4. The van der Waals surface area contributed by atoms with Gasteiger partial charge in [0.15, 0.2) is 5.82 Å². The Morgan fingerprint density at radius 1 is 1.06 bits per heavy atom. The molecule has 0 bridgehead atoms. The summed E-state index contributed by atoms with van der Waals surface area (Å²) in [5.41, 5.74) is 1.73. The topological polar surface area (TPSA) is 95.6 Å². The van der Waals surface area contributed by atoms with E-state index in [4.69, 9.17) is 0 Å². The lowest BCUT2D eigenvalue weighted by atomic mass is 10.1. The van der Waals surface area contributed by atoms with Crippen molar-refractivity contribution in [3.8, 4) is 0 Å². The summed E-state index contributed by atoms with van der Waals surface area (Å²) in [4.78, 5) is 21.1. The number of aromatic nitrogens is 4. The summed E-state index contributed by atoms with van der Waals surface area (Å²) in [6.07, 6.45) is -2.23. The molecule has 0 aliphatic rings. The molecule has 7 nitrogen and oxygen atoms in total. The van der Waals surface area contributed by atoms with Crippen LogP contribution in [0.3, 0.4) is 0 Å². The number of amides is 1. The van der Waals surface area contributed by atoms with Gasteiger partial charge in [0.2, 0.25) is 0 Å². The zero-order valence-corrected chi connectivity index (χ0v) is 19.4. The first-order chi connectivity index (χ1) is 17.1. The first-order valence-electron chi connectivity index (χ1n) is 11.0. The number of H-pyrrole nitrogens is 1. The van der Waals surface area contributed by atoms with Gasteiger partial charge in [0.25, 0.3) is 5.91 Å². The van der Waals surface area contributed by atoms with Crippen molar-refractivity contribution < 1.29 is 22.4 Å². The molecular formula is C25H22F4N6O. The van der Waals surface area contributed by atoms with E-state index in [-0.39, 0.29) is 17.7 Å². The number of hydrogen-bond donors (Lipinski definition) is 3. The lowest BCUT2D eigenvalue weighted by molar-refractivity contribution is -0.137. The van der Waals surface area contributed by atoms with Crippen LogP contribution in [-0.2, 0) is 19.0 Å². The van der Waals surface area contributed by atoms with Crippen LogP contribution in [-0.4, -0.2) is 26.1 Å². The zero-order valence-electron chi connectivity index (χ0n) is 19.4. The standard InChI is InChI=1S/C25H22F4N6O/c1-14-13-30-23(15(2)31-14)33-22-12-20(34-35-22)7-6-16-11-19(8-9-21(16)26)32-24(36)17-4-3-5-18(10-17)25(27,28)29/h3-5,8-13H,6-7H2,1-2H3,(H,32,36)(H2,30,33,34,35). The van der Waals surface area contributed by atoms with Gasteiger partial charge in [-0.15, -0.1) is 0 Å². The fourth-order valence-corrected chi connectivity index (χ4v) is 3.55. The van der Waals surface area contributed by atoms with Crippen LogP contribution >= 0.6 is 0 Å². The fraction of sp³-hybridized carbons (Fsp3) is 0.200. The Labute approximate surface area is 204 Å². The maximum absolute atomic E-state index is 14.4. The summed E-state index contributed by atoms with van der Waals surface area (Å²) >= 11 is 0. The van der Waals surface area contributed by atoms with Crippen LogP contribution in [0.15, 0.2) is 54.7 Å². The van der Waals surface area contributed by atoms with Gasteiger partial charge in [-0.2, -0.15) is 18.3 Å². The number of nitrogens with one attached hydrogen (secondary N) is 3. The van der Waals surface area contributed by atoms with Crippen molar-refractivity contribution in [1.82, 2.24) is 20.2 Å². The van der Waals surface area contributed by atoms with Gasteiger partial charge >= 0.3 is 6.18 Å². The van der Waals surface area contributed by atoms with Gasteiger partial charge in [0.1, 0.15) is 11.6 Å². The van der Waals surface area contributed by atoms with Crippen molar-refractivity contribution in [3.63, 3.8) is 0 Å². The highest BCUT2D eigenvalue weighted by atomic mass is 19.4. The van der Waals surface area contributed by atoms with E-state index < -0.39 is 23.5 Å². The molecule has 0 unspecified atom stereocenters. The molecule has 36 heavy (non-hydrogen) atoms. The molecular weight excluding hydrogens is 476 g/mol. The van der Waals surface area contributed by atoms with E-state index in [0.717, 1.165) is 29.6 Å². The second-order valence-corrected chi connectivity index (χ2v) is 8.18. The normalized spacial score (nSPS) is 11.4. The Morgan fingerprint density at radius 3 is 2.61 bits per heavy atom. The number of benzene rings is 2. The lowest BCUT2D eigenvalue weighted by Crippen LogP contribution is -2.14. The highest BCUT2D eigenvalue weighted by Gasteiger charge is 2.30. The van der Waals surface area contributed by atoms with Crippen molar-refractivity contribution in [1.29, 1.82) is 0 Å². The maximum Gasteiger partial charge on any atom is 0.416 e. The monoisotopic (exact) mass is 498 g/mol. The Balaban J connectivity index is 1.40. The zero-order chi connectivity index (χ0) is 25.9. The molecule has 4 aromatic rings. The van der Waals surface area contributed by atoms with Crippen LogP contribution in [0.1, 0.15) is 38.6 Å². The Morgan fingerprint density at radius 2 is 1.86 bits per heavy atom. The van der Waals surface area contributed by atoms with Gasteiger partial charge in [-0.25, -0.2) is 9.37 Å². The molecule has 2 aromatic heterocycles. The van der Waals surface area contributed by atoms with Crippen molar-refractivity contribution >= 4 is 23.2 Å². The summed E-state index contributed by atoms with van der Waals surface area (Å²) in [6.45, 7) is 3.68. The van der Waals surface area contributed by atoms with E-state index in [1.807, 2.05) is 13.8 Å². The summed E-state index contributed by atoms with van der Waals surface area (Å²) in [5, 5.41) is 12.7. The average Bonchev–Trinajstić information content (AvgIpc) is 3.28. The third-order valence-electron chi connectivity index (χ3n) is 5.36. The van der Waals surface area contributed by atoms with E-state index >= 15 is 0 Å². The molecule has 2 aromatic carbocycles. The number of anilines is 3. The molecule has 2 heterocycles. The van der Waals surface area contributed by atoms with Crippen LogP contribution in [0.25, 0.3) is 0 Å². The second-order valence-electron chi connectivity index (χ2n) is 8.18. The van der Waals surface area contributed by atoms with Gasteiger partial charge in [0, 0.05) is 17.3 Å². The van der Waals surface area contributed by atoms with E-state index in [1.165, 1.54) is 24.3 Å². The third kappa shape index (κ3) is 6.04. The molecule has 0 radical (unpaired) electrons. The number of carbonyl (C=O) groups is 1. The molecule has 1 amide bonds. The predicted octanol–water partition coefficient (Wildman–Crippen LogP) is 5.76. The van der Waals surface area contributed by atoms with E-state index in [0.29, 0.717) is 29.3 Å². The smallest absolute Gasteiger partial charge is 0.324 e. The first-order valence-corrected chi connectivity index (χ1v) is 11.0. The van der Waals surface area contributed by atoms with Crippen LogP contribution in [0, 0.1) is 19.7 Å². The van der Waals surface area contributed by atoms with Crippen LogP contribution in [0.2, 0.25) is 0 Å². The molecule has 0 atom stereocenters. The number of carbonyl (C=O) groups excluding carboxylic acids is 1. The van der Waals surface area contributed by atoms with Gasteiger partial charge in [-0.3, -0.25) is 14.9 Å². The van der Waals surface area contributed by atoms with E-state index in [2.05, 4.69) is 30.8 Å². The summed E-state index contributed by atoms with van der Waals surface area (Å²) in [5.74, 6) is 0.00237. The van der Waals surface area contributed by atoms with E-state index in [9.17, 15) is 22.4 Å². The minimum Gasteiger partial charge on any atom is -0.324 e. The second kappa shape index (κ2) is 10.1. The van der Waals surface area contributed by atoms with Crippen LogP contribution in [0.4, 0.5) is 34.9 Å². The fourth-order valence-electron chi connectivity index (χ4n) is 3.55. The minimum atomic E-state index is -4.56. The third-order valence-corrected chi connectivity index (χ3v) is 5.36. The summed E-state index contributed by atoms with van der Waals surface area (Å²) in [6, 6.07) is 9.88. The Kier molecular flexibility index (Phi) is 7.00. The van der Waals surface area contributed by atoms with Crippen molar-refractivity contribution in [2.24, 2.45) is 0 Å². The molecule has 0 spiro atoms. The molecule has 4 rings (SSSR count). The molecule has 0 fully saturated rings. The van der Waals surface area contributed by atoms with Crippen molar-refractivity contribution in [2.75, 3.05) is 10.6 Å². The summed E-state index contributed by atoms with van der Waals surface area (Å²) < 4.78 is 53.2. The van der Waals surface area contributed by atoms with Gasteiger partial charge in [-0.1, -0.05) is 6.07 Å². The Bertz CT molecular complexity index is 1400. The van der Waals surface area contributed by atoms with Crippen molar-refractivity contribution in [3.05, 3.63) is 94.3 Å². The first kappa shape index (κ1) is 24.8. The Hall–Kier alpha value is -4.28. The number of alkyl halides is 3. The molecule has 3 N–H and O–H groups in total. The number of halogens is 4. The quantitative estimate of drug-likeness (QED) is 0.282. The number of hydrogen-bond acceptors (Lipinski definition) is 5. The lowest BCUT2D eigenvalue weighted by Gasteiger charge is -2.10. The maximum atomic E-state index is 14.4. The van der Waals surface area contributed by atoms with Crippen molar-refractivity contribution in [2.45, 2.75) is 32.9 Å². The SMILES string of the molecule is Cc1cnc(Nc2cc(CCc3cc(NC(=O)c4cccc(C(F)(F)F)c4)ccc3F)n[nH]2)c(C)n1. The predicted molar refractivity (Wildman–Crippen MR) is 127 cm³/mol. The highest BCUT2D eigenvalue weighted by Crippen LogP contribution is 2.30. The molecule has 0 saturated heterocycles. The molecule has 0 aliphatic heterocycles. The molecule has 0 saturated carbocycles. The van der Waals surface area contributed by atoms with E-state index in [1.54, 1.807) is 12.3 Å². The number of rotatable bonds is 7. The number of nitrogens with zero attached hydrogens (tertiary/aromatic N) is 3. The van der Waals surface area contributed by atoms with Gasteiger partial charge < -0.3 is 10.6 Å². The van der Waals surface area contributed by atoms with Gasteiger partial charge in [0.05, 0.1) is 28.8 Å². The largest absolute Gasteiger partial charge is 0.416 e. The molecule has 0 aliphatic carbocycles. The van der Waals surface area contributed by atoms with Crippen LogP contribution < -0.4 is 10.6 Å². The van der Waals surface area contributed by atoms with Crippen LogP contribution in [0.5, 0.6) is 0 Å². The molecule has 11 heteroatoms. The van der Waals surface area contributed by atoms with Gasteiger partial charge in [-0.05, 0) is 68.7 Å². The average molecular weight is 498 g/mol. The summed E-state index contributed by atoms with van der Waals surface area (Å²) in [7, 11) is 0.